The van der Waals surface area contributed by atoms with Crippen LogP contribution in [-0.4, -0.2) is 0 Å². The van der Waals surface area contributed by atoms with Gasteiger partial charge in [-0.25, -0.2) is 0 Å². The van der Waals surface area contributed by atoms with Crippen molar-refractivity contribution in [1.82, 2.24) is 0 Å². The van der Waals surface area contributed by atoms with Gasteiger partial charge in [-0.05, 0) is 105 Å². The van der Waals surface area contributed by atoms with E-state index in [0.717, 1.165) is 0 Å². The molecule has 1 heteroatoms. The minimum atomic E-state index is 1.22. The van der Waals surface area contributed by atoms with Crippen LogP contribution in [0.5, 0.6) is 0 Å². The lowest BCUT2D eigenvalue weighted by atomic mass is 9.85. The largest absolute Gasteiger partial charge is 0.134 e. The topological polar surface area (TPSA) is 0 Å². The Bertz CT molecular complexity index is 3470. The normalized spacial score (nSPS) is 12.0. The van der Waals surface area contributed by atoms with Crippen molar-refractivity contribution in [3.05, 3.63) is 194 Å². The summed E-state index contributed by atoms with van der Waals surface area (Å²) < 4.78 is 2.74. The Balaban J connectivity index is 0.989. The first-order valence-electron chi connectivity index (χ1n) is 19.0. The van der Waals surface area contributed by atoms with Crippen molar-refractivity contribution >= 4 is 96.1 Å². The molecule has 11 aromatic carbocycles. The molecule has 0 saturated heterocycles. The fraction of sp³-hybridized carbons (Fsp3) is 0. The maximum absolute atomic E-state index is 2.37. The Labute approximate surface area is 322 Å². The third-order valence-electron chi connectivity index (χ3n) is 11.8. The second kappa shape index (κ2) is 11.9. The molecule has 0 atom stereocenters. The van der Waals surface area contributed by atoms with Crippen molar-refractivity contribution in [2.45, 2.75) is 0 Å². The van der Waals surface area contributed by atoms with E-state index in [-0.39, 0.29) is 0 Å². The second-order valence-corrected chi connectivity index (χ2v) is 15.8. The van der Waals surface area contributed by atoms with Crippen molar-refractivity contribution < 1.29 is 0 Å². The Morgan fingerprint density at radius 2 is 0.691 bits per heavy atom. The zero-order chi connectivity index (χ0) is 36.0. The van der Waals surface area contributed by atoms with Crippen molar-refractivity contribution in [3.63, 3.8) is 0 Å². The van der Waals surface area contributed by atoms with Gasteiger partial charge in [-0.3, -0.25) is 0 Å². The summed E-state index contributed by atoms with van der Waals surface area (Å²) in [5.41, 5.74) is 7.51. The Morgan fingerprint density at radius 1 is 0.236 bits per heavy atom. The van der Waals surface area contributed by atoms with E-state index in [2.05, 4.69) is 194 Å². The summed E-state index contributed by atoms with van der Waals surface area (Å²) in [7, 11) is 0. The molecule has 0 aliphatic heterocycles. The second-order valence-electron chi connectivity index (χ2n) is 14.8. The third kappa shape index (κ3) is 4.57. The Hall–Kier alpha value is -6.80. The molecule has 1 aromatic heterocycles. The van der Waals surface area contributed by atoms with Crippen LogP contribution in [0.2, 0.25) is 0 Å². The standard InChI is InChI=1S/C54H32S/c1-2-12-36-32-39(26-23-33(36)11-1)51-46-18-8-6-16-44(46)50(45-17-7-9-19-47(45)51)35-24-21-34(22-25-35)37-27-29-40-38(31-37)28-30-49-52-43-15-5-3-13-41(43)42-14-4-10-20-48(42)54(52)55-53(40)49/h1-32H. The van der Waals surface area contributed by atoms with E-state index >= 15 is 0 Å². The number of thiophene rings is 1. The van der Waals surface area contributed by atoms with Gasteiger partial charge in [0.2, 0.25) is 0 Å². The minimum Gasteiger partial charge on any atom is -0.134 e. The molecule has 0 amide bonds. The van der Waals surface area contributed by atoms with E-state index in [1.165, 1.54) is 118 Å². The molecule has 254 valence electrons. The molecular formula is C54H32S. The summed E-state index contributed by atoms with van der Waals surface area (Å²) in [5, 5.41) is 18.3. The van der Waals surface area contributed by atoms with Crippen molar-refractivity contribution in [1.29, 1.82) is 0 Å². The maximum Gasteiger partial charge on any atom is 0.0440 e. The molecule has 0 N–H and O–H groups in total. The summed E-state index contributed by atoms with van der Waals surface area (Å²) in [4.78, 5) is 0. The quantitative estimate of drug-likeness (QED) is 0.126. The lowest BCUT2D eigenvalue weighted by Crippen LogP contribution is -1.91. The fourth-order valence-electron chi connectivity index (χ4n) is 9.30. The van der Waals surface area contributed by atoms with Crippen LogP contribution < -0.4 is 0 Å². The van der Waals surface area contributed by atoms with E-state index in [1.807, 2.05) is 11.3 Å². The van der Waals surface area contributed by atoms with E-state index in [1.54, 1.807) is 0 Å². The molecule has 0 aliphatic rings. The van der Waals surface area contributed by atoms with Gasteiger partial charge in [0.15, 0.2) is 0 Å². The lowest BCUT2D eigenvalue weighted by Gasteiger charge is -2.18. The number of benzene rings is 11. The molecule has 0 bridgehead atoms. The lowest BCUT2D eigenvalue weighted by molar-refractivity contribution is 1.63. The number of hydrogen-bond acceptors (Lipinski definition) is 1. The summed E-state index contributed by atoms with van der Waals surface area (Å²) in [6.07, 6.45) is 0. The van der Waals surface area contributed by atoms with E-state index in [0.29, 0.717) is 0 Å². The van der Waals surface area contributed by atoms with Gasteiger partial charge >= 0.3 is 0 Å². The van der Waals surface area contributed by atoms with Gasteiger partial charge in [-0.15, -0.1) is 11.3 Å². The van der Waals surface area contributed by atoms with E-state index in [9.17, 15) is 0 Å². The van der Waals surface area contributed by atoms with Crippen LogP contribution in [0.15, 0.2) is 194 Å². The predicted molar refractivity (Wildman–Crippen MR) is 241 cm³/mol. The molecule has 0 nitrogen and oxygen atoms in total. The van der Waals surface area contributed by atoms with Crippen LogP contribution in [-0.2, 0) is 0 Å². The number of rotatable bonds is 3. The molecule has 0 spiro atoms. The molecule has 0 saturated carbocycles. The zero-order valence-corrected chi connectivity index (χ0v) is 30.7. The number of hydrogen-bond donors (Lipinski definition) is 0. The summed E-state index contributed by atoms with van der Waals surface area (Å²) in [6.45, 7) is 0. The average molecular weight is 713 g/mol. The molecule has 0 radical (unpaired) electrons. The van der Waals surface area contributed by atoms with Crippen LogP contribution in [0.1, 0.15) is 0 Å². The Kier molecular flexibility index (Phi) is 6.60. The van der Waals surface area contributed by atoms with E-state index in [4.69, 9.17) is 0 Å². The van der Waals surface area contributed by atoms with Gasteiger partial charge in [-0.2, -0.15) is 0 Å². The van der Waals surface area contributed by atoms with Gasteiger partial charge in [0.1, 0.15) is 0 Å². The highest BCUT2D eigenvalue weighted by atomic mass is 32.1. The third-order valence-corrected chi connectivity index (χ3v) is 13.1. The summed E-state index contributed by atoms with van der Waals surface area (Å²) in [6, 6.07) is 72.0. The maximum atomic E-state index is 2.37. The first-order valence-corrected chi connectivity index (χ1v) is 19.8. The fourth-order valence-corrected chi connectivity index (χ4v) is 10.7. The van der Waals surface area contributed by atoms with E-state index < -0.39 is 0 Å². The Morgan fingerprint density at radius 3 is 1.38 bits per heavy atom. The van der Waals surface area contributed by atoms with Crippen LogP contribution >= 0.6 is 11.3 Å². The first-order chi connectivity index (χ1) is 27.3. The molecule has 0 aliphatic carbocycles. The van der Waals surface area contributed by atoms with Crippen molar-refractivity contribution in [2.24, 2.45) is 0 Å². The molecular weight excluding hydrogens is 681 g/mol. The number of fused-ring (bicyclic) bond motifs is 13. The van der Waals surface area contributed by atoms with Crippen LogP contribution in [0, 0.1) is 0 Å². The van der Waals surface area contributed by atoms with Crippen molar-refractivity contribution in [2.75, 3.05) is 0 Å². The molecule has 0 unspecified atom stereocenters. The van der Waals surface area contributed by atoms with Gasteiger partial charge in [0, 0.05) is 25.6 Å². The average Bonchev–Trinajstić information content (AvgIpc) is 3.66. The monoisotopic (exact) mass is 712 g/mol. The van der Waals surface area contributed by atoms with Gasteiger partial charge < -0.3 is 0 Å². The molecule has 12 rings (SSSR count). The highest BCUT2D eigenvalue weighted by Crippen LogP contribution is 2.47. The summed E-state index contributed by atoms with van der Waals surface area (Å²) in [5.74, 6) is 0. The molecule has 55 heavy (non-hydrogen) atoms. The SMILES string of the molecule is c1ccc2cc(-c3c4ccccc4c(-c4ccc(-c5ccc6c(ccc7c6sc6c8ccccc8c8ccccc8c76)c5)cc4)c4ccccc34)ccc2c1. The molecule has 0 fully saturated rings. The van der Waals surface area contributed by atoms with Gasteiger partial charge in [0.25, 0.3) is 0 Å². The van der Waals surface area contributed by atoms with Crippen LogP contribution in [0.3, 0.4) is 0 Å². The molecule has 1 heterocycles. The van der Waals surface area contributed by atoms with Crippen LogP contribution in [0.4, 0.5) is 0 Å². The van der Waals surface area contributed by atoms with Crippen molar-refractivity contribution in [3.8, 4) is 33.4 Å². The highest BCUT2D eigenvalue weighted by Gasteiger charge is 2.18. The van der Waals surface area contributed by atoms with Crippen LogP contribution in [0.25, 0.3) is 118 Å². The summed E-state index contributed by atoms with van der Waals surface area (Å²) >= 11 is 1.94. The predicted octanol–water partition coefficient (Wildman–Crippen LogP) is 16.0. The zero-order valence-electron chi connectivity index (χ0n) is 29.9. The smallest absolute Gasteiger partial charge is 0.0440 e. The minimum absolute atomic E-state index is 1.22. The van der Waals surface area contributed by atoms with Gasteiger partial charge in [-0.1, -0.05) is 182 Å². The highest BCUT2D eigenvalue weighted by molar-refractivity contribution is 7.27. The van der Waals surface area contributed by atoms with Gasteiger partial charge in [0.05, 0.1) is 0 Å². The first kappa shape index (κ1) is 30.6. The molecule has 12 aromatic rings.